The molecule has 0 amide bonds. The molecule has 1 aromatic carbocycles. The third kappa shape index (κ3) is 3.10. The van der Waals surface area contributed by atoms with E-state index in [1.54, 1.807) is 0 Å². The molecule has 3 heteroatoms. The van der Waals surface area contributed by atoms with Crippen LogP contribution in [-0.2, 0) is 6.42 Å². The minimum absolute atomic E-state index is 0.153. The molecular formula is C17H22N2O. The van der Waals surface area contributed by atoms with Crippen molar-refractivity contribution >= 4 is 0 Å². The predicted molar refractivity (Wildman–Crippen MR) is 79.8 cm³/mol. The second-order valence-electron chi connectivity index (χ2n) is 5.74. The summed E-state index contributed by atoms with van der Waals surface area (Å²) in [4.78, 5) is 0. The second kappa shape index (κ2) is 6.23. The van der Waals surface area contributed by atoms with Crippen molar-refractivity contribution in [2.75, 3.05) is 0 Å². The van der Waals surface area contributed by atoms with Gasteiger partial charge in [-0.2, -0.15) is 5.10 Å². The highest BCUT2D eigenvalue weighted by molar-refractivity contribution is 5.30. The Morgan fingerprint density at radius 2 is 1.90 bits per heavy atom. The van der Waals surface area contributed by atoms with E-state index in [1.165, 1.54) is 25.7 Å². The maximum Gasteiger partial charge on any atom is 0.0645 e. The Bertz CT molecular complexity index is 529. The van der Waals surface area contributed by atoms with Crippen LogP contribution in [0, 0.1) is 5.92 Å². The molecule has 1 saturated carbocycles. The van der Waals surface area contributed by atoms with Crippen molar-refractivity contribution < 1.29 is 5.11 Å². The first kappa shape index (κ1) is 13.4. The zero-order chi connectivity index (χ0) is 13.8. The van der Waals surface area contributed by atoms with Crippen molar-refractivity contribution in [2.24, 2.45) is 5.92 Å². The summed E-state index contributed by atoms with van der Waals surface area (Å²) in [6.45, 7) is 0. The quantitative estimate of drug-likeness (QED) is 0.904. The lowest BCUT2D eigenvalue weighted by molar-refractivity contribution is 0.102. The number of para-hydroxylation sites is 1. The Hall–Kier alpha value is -1.61. The Balaban J connectivity index is 1.57. The molecule has 2 aromatic rings. The fourth-order valence-electron chi connectivity index (χ4n) is 3.09. The Morgan fingerprint density at radius 1 is 1.15 bits per heavy atom. The monoisotopic (exact) mass is 270 g/mol. The Kier molecular flexibility index (Phi) is 4.16. The predicted octanol–water partition coefficient (Wildman–Crippen LogP) is 3.36. The van der Waals surface area contributed by atoms with Crippen molar-refractivity contribution in [3.05, 3.63) is 48.3 Å². The van der Waals surface area contributed by atoms with Gasteiger partial charge in [-0.05, 0) is 49.8 Å². The molecule has 106 valence electrons. The fraction of sp³-hybridized carbons (Fsp3) is 0.471. The summed E-state index contributed by atoms with van der Waals surface area (Å²) in [5, 5.41) is 14.8. The summed E-state index contributed by atoms with van der Waals surface area (Å²) < 4.78 is 1.90. The highest BCUT2D eigenvalue weighted by Gasteiger charge is 2.22. The topological polar surface area (TPSA) is 38.0 Å². The third-order valence-corrected chi connectivity index (χ3v) is 4.31. The van der Waals surface area contributed by atoms with E-state index >= 15 is 0 Å². The van der Waals surface area contributed by atoms with Gasteiger partial charge in [-0.1, -0.05) is 31.0 Å². The maximum absolute atomic E-state index is 10.2. The smallest absolute Gasteiger partial charge is 0.0645 e. The van der Waals surface area contributed by atoms with Crippen LogP contribution in [0.25, 0.3) is 5.69 Å². The number of aryl methyl sites for hydroxylation is 1. The minimum atomic E-state index is -0.153. The van der Waals surface area contributed by atoms with Crippen molar-refractivity contribution in [1.82, 2.24) is 9.78 Å². The van der Waals surface area contributed by atoms with Gasteiger partial charge in [0, 0.05) is 6.20 Å². The number of aliphatic hydroxyl groups is 1. The molecule has 0 radical (unpaired) electrons. The van der Waals surface area contributed by atoms with E-state index < -0.39 is 0 Å². The summed E-state index contributed by atoms with van der Waals surface area (Å²) in [5.74, 6) is 0.520. The second-order valence-corrected chi connectivity index (χ2v) is 5.74. The highest BCUT2D eigenvalue weighted by Crippen LogP contribution is 2.29. The van der Waals surface area contributed by atoms with Crippen LogP contribution in [0.5, 0.6) is 0 Å². The molecule has 1 fully saturated rings. The molecule has 1 heterocycles. The van der Waals surface area contributed by atoms with Crippen molar-refractivity contribution in [1.29, 1.82) is 0 Å². The van der Waals surface area contributed by atoms with Crippen LogP contribution in [-0.4, -0.2) is 21.0 Å². The van der Waals surface area contributed by atoms with Crippen molar-refractivity contribution in [3.8, 4) is 5.69 Å². The number of hydrogen-bond acceptors (Lipinski definition) is 2. The van der Waals surface area contributed by atoms with Gasteiger partial charge in [-0.3, -0.25) is 0 Å². The van der Waals surface area contributed by atoms with Crippen LogP contribution < -0.4 is 0 Å². The van der Waals surface area contributed by atoms with Gasteiger partial charge in [-0.15, -0.1) is 0 Å². The normalized spacial score (nSPS) is 17.4. The summed E-state index contributed by atoms with van der Waals surface area (Å²) in [7, 11) is 0. The summed E-state index contributed by atoms with van der Waals surface area (Å²) in [6.07, 6.45) is 8.48. The highest BCUT2D eigenvalue weighted by atomic mass is 16.3. The van der Waals surface area contributed by atoms with Gasteiger partial charge in [0.05, 0.1) is 17.5 Å². The van der Waals surface area contributed by atoms with Crippen LogP contribution in [0.1, 0.15) is 37.8 Å². The SMILES string of the molecule is OC(CCc1ccn(-c2ccccc2)n1)C1CCCC1. The van der Waals surface area contributed by atoms with E-state index in [0.717, 1.165) is 24.2 Å². The molecule has 1 aromatic heterocycles. The summed E-state index contributed by atoms with van der Waals surface area (Å²) in [5.41, 5.74) is 2.14. The summed E-state index contributed by atoms with van der Waals surface area (Å²) >= 11 is 0. The number of nitrogens with zero attached hydrogens (tertiary/aromatic N) is 2. The van der Waals surface area contributed by atoms with Crippen LogP contribution in [0.4, 0.5) is 0 Å². The fourth-order valence-corrected chi connectivity index (χ4v) is 3.09. The van der Waals surface area contributed by atoms with Gasteiger partial charge in [0.25, 0.3) is 0 Å². The average molecular weight is 270 g/mol. The minimum Gasteiger partial charge on any atom is -0.393 e. The molecule has 0 spiro atoms. The van der Waals surface area contributed by atoms with Gasteiger partial charge >= 0.3 is 0 Å². The van der Waals surface area contributed by atoms with Gasteiger partial charge in [0.15, 0.2) is 0 Å². The molecule has 3 rings (SSSR count). The molecule has 0 bridgehead atoms. The largest absolute Gasteiger partial charge is 0.393 e. The number of rotatable bonds is 5. The standard InChI is InChI=1S/C17H22N2O/c20-17(14-6-4-5-7-14)11-10-15-12-13-19(18-15)16-8-2-1-3-9-16/h1-3,8-9,12-14,17,20H,4-7,10-11H2. The van der Waals surface area contributed by atoms with Crippen LogP contribution >= 0.6 is 0 Å². The van der Waals surface area contributed by atoms with E-state index in [-0.39, 0.29) is 6.10 Å². The lowest BCUT2D eigenvalue weighted by Gasteiger charge is -2.16. The molecule has 0 aliphatic heterocycles. The Labute approximate surface area is 120 Å². The zero-order valence-corrected chi connectivity index (χ0v) is 11.8. The first-order valence-corrected chi connectivity index (χ1v) is 7.61. The van der Waals surface area contributed by atoms with Crippen molar-refractivity contribution in [2.45, 2.75) is 44.6 Å². The van der Waals surface area contributed by atoms with Crippen LogP contribution in [0.15, 0.2) is 42.6 Å². The number of aromatic nitrogens is 2. The molecular weight excluding hydrogens is 248 g/mol. The molecule has 1 atom stereocenters. The van der Waals surface area contributed by atoms with E-state index in [0.29, 0.717) is 5.92 Å². The van der Waals surface area contributed by atoms with Crippen LogP contribution in [0.3, 0.4) is 0 Å². The third-order valence-electron chi connectivity index (χ3n) is 4.31. The average Bonchev–Trinajstić information content (AvgIpc) is 3.17. The Morgan fingerprint density at radius 3 is 2.65 bits per heavy atom. The molecule has 1 aliphatic rings. The maximum atomic E-state index is 10.2. The first-order valence-electron chi connectivity index (χ1n) is 7.61. The van der Waals surface area contributed by atoms with Crippen molar-refractivity contribution in [3.63, 3.8) is 0 Å². The molecule has 1 N–H and O–H groups in total. The molecule has 20 heavy (non-hydrogen) atoms. The zero-order valence-electron chi connectivity index (χ0n) is 11.8. The molecule has 3 nitrogen and oxygen atoms in total. The lowest BCUT2D eigenvalue weighted by Crippen LogP contribution is -2.18. The number of aliphatic hydroxyl groups excluding tert-OH is 1. The van der Waals surface area contributed by atoms with Gasteiger partial charge in [-0.25, -0.2) is 4.68 Å². The molecule has 0 saturated heterocycles. The first-order chi connectivity index (χ1) is 9.83. The number of benzene rings is 1. The van der Waals surface area contributed by atoms with Gasteiger partial charge in [0.2, 0.25) is 0 Å². The van der Waals surface area contributed by atoms with Gasteiger partial charge in [0.1, 0.15) is 0 Å². The molecule has 1 unspecified atom stereocenters. The van der Waals surface area contributed by atoms with E-state index in [9.17, 15) is 5.11 Å². The lowest BCUT2D eigenvalue weighted by atomic mass is 9.96. The summed E-state index contributed by atoms with van der Waals surface area (Å²) in [6, 6.07) is 12.2. The molecule has 1 aliphatic carbocycles. The van der Waals surface area contributed by atoms with E-state index in [1.807, 2.05) is 47.3 Å². The van der Waals surface area contributed by atoms with Gasteiger partial charge < -0.3 is 5.11 Å². The van der Waals surface area contributed by atoms with Crippen LogP contribution in [0.2, 0.25) is 0 Å². The van der Waals surface area contributed by atoms with E-state index in [2.05, 4.69) is 5.10 Å². The van der Waals surface area contributed by atoms with E-state index in [4.69, 9.17) is 0 Å². The number of hydrogen-bond donors (Lipinski definition) is 1.